The molecule has 0 spiro atoms. The molecule has 0 unspecified atom stereocenters. The predicted octanol–water partition coefficient (Wildman–Crippen LogP) is 0.411. The summed E-state index contributed by atoms with van der Waals surface area (Å²) in [7, 11) is 0. The van der Waals surface area contributed by atoms with E-state index < -0.39 is 0 Å². The van der Waals surface area contributed by atoms with E-state index in [9.17, 15) is 4.79 Å². The minimum absolute atomic E-state index is 0.158. The van der Waals surface area contributed by atoms with Crippen LogP contribution in [-0.4, -0.2) is 31.7 Å². The molecule has 82 valence electrons. The Labute approximate surface area is 85.2 Å². The lowest BCUT2D eigenvalue weighted by molar-refractivity contribution is -0.122. The van der Waals surface area contributed by atoms with Gasteiger partial charge in [-0.25, -0.2) is 0 Å². The van der Waals surface area contributed by atoms with Crippen molar-refractivity contribution in [1.29, 1.82) is 0 Å². The van der Waals surface area contributed by atoms with Gasteiger partial charge in [0.05, 0.1) is 0 Å². The van der Waals surface area contributed by atoms with Crippen LogP contribution in [0.15, 0.2) is 0 Å². The smallest absolute Gasteiger partial charge is 0.220 e. The molecule has 1 fully saturated rings. The molecule has 0 bridgehead atoms. The molecule has 1 rings (SSSR count). The molecule has 0 atom stereocenters. The van der Waals surface area contributed by atoms with E-state index in [2.05, 4.69) is 5.32 Å². The minimum Gasteiger partial charge on any atom is -0.381 e. The van der Waals surface area contributed by atoms with E-state index in [4.69, 9.17) is 10.5 Å². The number of ether oxygens (including phenoxy) is 1. The SMILES string of the molecule is NCCCCC(=O)NC1CCOCC1. The molecule has 0 saturated carbocycles. The Bertz CT molecular complexity index is 168. The summed E-state index contributed by atoms with van der Waals surface area (Å²) in [5.74, 6) is 0.158. The summed E-state index contributed by atoms with van der Waals surface area (Å²) in [6.07, 6.45) is 4.33. The summed E-state index contributed by atoms with van der Waals surface area (Å²) >= 11 is 0. The van der Waals surface area contributed by atoms with Gasteiger partial charge in [0.25, 0.3) is 0 Å². The van der Waals surface area contributed by atoms with E-state index in [-0.39, 0.29) is 5.91 Å². The van der Waals surface area contributed by atoms with Gasteiger partial charge in [0.15, 0.2) is 0 Å². The Morgan fingerprint density at radius 3 is 2.71 bits per heavy atom. The molecule has 4 nitrogen and oxygen atoms in total. The average Bonchev–Trinajstić information content (AvgIpc) is 2.20. The van der Waals surface area contributed by atoms with Crippen molar-refractivity contribution in [3.05, 3.63) is 0 Å². The van der Waals surface area contributed by atoms with Crippen molar-refractivity contribution >= 4 is 5.91 Å². The van der Waals surface area contributed by atoms with E-state index in [0.717, 1.165) is 38.9 Å². The van der Waals surface area contributed by atoms with Crippen LogP contribution in [0.4, 0.5) is 0 Å². The Hall–Kier alpha value is -0.610. The van der Waals surface area contributed by atoms with E-state index in [1.54, 1.807) is 0 Å². The zero-order chi connectivity index (χ0) is 10.2. The third-order valence-electron chi connectivity index (χ3n) is 2.44. The van der Waals surface area contributed by atoms with Crippen molar-refractivity contribution < 1.29 is 9.53 Å². The number of rotatable bonds is 5. The van der Waals surface area contributed by atoms with Crippen molar-refractivity contribution in [3.63, 3.8) is 0 Å². The van der Waals surface area contributed by atoms with Crippen molar-refractivity contribution in [2.24, 2.45) is 5.73 Å². The fraction of sp³-hybridized carbons (Fsp3) is 0.900. The zero-order valence-corrected chi connectivity index (χ0v) is 8.63. The number of nitrogens with one attached hydrogen (secondary N) is 1. The summed E-state index contributed by atoms with van der Waals surface area (Å²) in [4.78, 5) is 11.4. The third-order valence-corrected chi connectivity index (χ3v) is 2.44. The first kappa shape index (κ1) is 11.5. The van der Waals surface area contributed by atoms with Gasteiger partial charge in [0.2, 0.25) is 5.91 Å². The fourth-order valence-corrected chi connectivity index (χ4v) is 1.57. The second kappa shape index (κ2) is 6.79. The Balaban J connectivity index is 2.06. The van der Waals surface area contributed by atoms with Crippen molar-refractivity contribution in [3.8, 4) is 0 Å². The quantitative estimate of drug-likeness (QED) is 0.632. The highest BCUT2D eigenvalue weighted by atomic mass is 16.5. The van der Waals surface area contributed by atoms with Gasteiger partial charge in [0, 0.05) is 25.7 Å². The normalized spacial score (nSPS) is 18.1. The van der Waals surface area contributed by atoms with Gasteiger partial charge in [-0.15, -0.1) is 0 Å². The molecule has 0 aromatic rings. The summed E-state index contributed by atoms with van der Waals surface area (Å²) in [5.41, 5.74) is 5.35. The van der Waals surface area contributed by atoms with E-state index in [0.29, 0.717) is 19.0 Å². The summed E-state index contributed by atoms with van der Waals surface area (Å²) in [5, 5.41) is 3.02. The van der Waals surface area contributed by atoms with Gasteiger partial charge < -0.3 is 15.8 Å². The van der Waals surface area contributed by atoms with Crippen LogP contribution < -0.4 is 11.1 Å². The predicted molar refractivity (Wildman–Crippen MR) is 54.9 cm³/mol. The van der Waals surface area contributed by atoms with Crippen LogP contribution in [0.5, 0.6) is 0 Å². The molecule has 1 saturated heterocycles. The molecule has 0 radical (unpaired) electrons. The number of carbonyl (C=O) groups is 1. The number of hydrogen-bond acceptors (Lipinski definition) is 3. The van der Waals surface area contributed by atoms with Crippen LogP contribution in [-0.2, 0) is 9.53 Å². The van der Waals surface area contributed by atoms with Crippen LogP contribution in [0.3, 0.4) is 0 Å². The van der Waals surface area contributed by atoms with Crippen LogP contribution >= 0.6 is 0 Å². The number of nitrogens with two attached hydrogens (primary N) is 1. The second-order valence-corrected chi connectivity index (χ2v) is 3.70. The van der Waals surface area contributed by atoms with Crippen LogP contribution in [0, 0.1) is 0 Å². The van der Waals surface area contributed by atoms with Crippen molar-refractivity contribution in [1.82, 2.24) is 5.32 Å². The lowest BCUT2D eigenvalue weighted by Gasteiger charge is -2.23. The molecule has 1 heterocycles. The van der Waals surface area contributed by atoms with E-state index >= 15 is 0 Å². The van der Waals surface area contributed by atoms with Gasteiger partial charge >= 0.3 is 0 Å². The number of hydrogen-bond donors (Lipinski definition) is 2. The van der Waals surface area contributed by atoms with E-state index in [1.807, 2.05) is 0 Å². The Morgan fingerprint density at radius 2 is 2.07 bits per heavy atom. The molecular formula is C10H20N2O2. The number of unbranched alkanes of at least 4 members (excludes halogenated alkanes) is 1. The molecule has 0 aliphatic carbocycles. The average molecular weight is 200 g/mol. The highest BCUT2D eigenvalue weighted by molar-refractivity contribution is 5.76. The first-order valence-corrected chi connectivity index (χ1v) is 5.40. The highest BCUT2D eigenvalue weighted by Gasteiger charge is 2.15. The molecule has 14 heavy (non-hydrogen) atoms. The first-order chi connectivity index (χ1) is 6.83. The number of carbonyl (C=O) groups excluding carboxylic acids is 1. The molecule has 4 heteroatoms. The Kier molecular flexibility index (Phi) is 5.56. The maximum Gasteiger partial charge on any atom is 0.220 e. The molecule has 0 aromatic carbocycles. The minimum atomic E-state index is 0.158. The van der Waals surface area contributed by atoms with Crippen LogP contribution in [0.2, 0.25) is 0 Å². The standard InChI is InChI=1S/C10H20N2O2/c11-6-2-1-3-10(13)12-9-4-7-14-8-5-9/h9H,1-8,11H2,(H,12,13). The summed E-state index contributed by atoms with van der Waals surface area (Å²) in [6, 6.07) is 0.328. The van der Waals surface area contributed by atoms with Gasteiger partial charge in [-0.2, -0.15) is 0 Å². The van der Waals surface area contributed by atoms with Crippen molar-refractivity contribution in [2.45, 2.75) is 38.1 Å². The molecule has 1 aliphatic heterocycles. The maximum atomic E-state index is 11.4. The maximum absolute atomic E-state index is 11.4. The molecular weight excluding hydrogens is 180 g/mol. The molecule has 3 N–H and O–H groups in total. The van der Waals surface area contributed by atoms with Crippen LogP contribution in [0.25, 0.3) is 0 Å². The highest BCUT2D eigenvalue weighted by Crippen LogP contribution is 2.06. The van der Waals surface area contributed by atoms with Crippen molar-refractivity contribution in [2.75, 3.05) is 19.8 Å². The Morgan fingerprint density at radius 1 is 1.36 bits per heavy atom. The lowest BCUT2D eigenvalue weighted by Crippen LogP contribution is -2.38. The third kappa shape index (κ3) is 4.58. The summed E-state index contributed by atoms with van der Waals surface area (Å²) < 4.78 is 5.21. The zero-order valence-electron chi connectivity index (χ0n) is 8.63. The second-order valence-electron chi connectivity index (χ2n) is 3.70. The van der Waals surface area contributed by atoms with Gasteiger partial charge in [-0.05, 0) is 32.2 Å². The topological polar surface area (TPSA) is 64.4 Å². The number of amides is 1. The first-order valence-electron chi connectivity index (χ1n) is 5.40. The largest absolute Gasteiger partial charge is 0.381 e. The van der Waals surface area contributed by atoms with Gasteiger partial charge in [-0.1, -0.05) is 0 Å². The van der Waals surface area contributed by atoms with Gasteiger partial charge in [0.1, 0.15) is 0 Å². The molecule has 0 aromatic heterocycles. The summed E-state index contributed by atoms with van der Waals surface area (Å²) in [6.45, 7) is 2.21. The fourth-order valence-electron chi connectivity index (χ4n) is 1.57. The monoisotopic (exact) mass is 200 g/mol. The van der Waals surface area contributed by atoms with E-state index in [1.165, 1.54) is 0 Å². The van der Waals surface area contributed by atoms with Crippen LogP contribution in [0.1, 0.15) is 32.1 Å². The van der Waals surface area contributed by atoms with Gasteiger partial charge in [-0.3, -0.25) is 4.79 Å². The lowest BCUT2D eigenvalue weighted by atomic mass is 10.1. The molecule has 1 amide bonds. The molecule has 1 aliphatic rings.